The molecule has 0 radical (unpaired) electrons. The van der Waals surface area contributed by atoms with Crippen molar-refractivity contribution in [1.29, 1.82) is 0 Å². The molecule has 2 bridgehead atoms. The Bertz CT molecular complexity index is 345. The van der Waals surface area contributed by atoms with Gasteiger partial charge >= 0.3 is 11.9 Å². The number of rotatable bonds is 2. The molecule has 0 aromatic carbocycles. The van der Waals surface area contributed by atoms with Crippen LogP contribution in [-0.2, 0) is 9.59 Å². The molecule has 4 nitrogen and oxygen atoms in total. The third kappa shape index (κ3) is 1.18. The minimum absolute atomic E-state index is 0.103. The van der Waals surface area contributed by atoms with Gasteiger partial charge in [0.2, 0.25) is 0 Å². The van der Waals surface area contributed by atoms with Crippen LogP contribution in [0.5, 0.6) is 0 Å². The van der Waals surface area contributed by atoms with Gasteiger partial charge in [-0.3, -0.25) is 9.59 Å². The average molecular weight is 248 g/mol. The maximum absolute atomic E-state index is 11.2. The quantitative estimate of drug-likeness (QED) is 0.548. The van der Waals surface area contributed by atoms with Gasteiger partial charge in [-0.25, -0.2) is 0 Å². The standard InChI is InChI=1S/C9H12O4S2/c10-6(11)5-4-1-2-8(14,3-4)9(5,15)7(12)13/h4-5,14-15H,1-3H2,(H,10,11)(H,12,13). The summed E-state index contributed by atoms with van der Waals surface area (Å²) < 4.78 is -2.32. The van der Waals surface area contributed by atoms with Crippen molar-refractivity contribution in [2.45, 2.75) is 28.8 Å². The van der Waals surface area contributed by atoms with Crippen molar-refractivity contribution in [3.63, 3.8) is 0 Å². The molecule has 0 aliphatic heterocycles. The maximum atomic E-state index is 11.2. The van der Waals surface area contributed by atoms with E-state index in [1.54, 1.807) is 0 Å². The summed E-state index contributed by atoms with van der Waals surface area (Å²) in [6, 6.07) is 0. The van der Waals surface area contributed by atoms with Gasteiger partial charge in [0.1, 0.15) is 4.75 Å². The van der Waals surface area contributed by atoms with E-state index in [2.05, 4.69) is 25.3 Å². The average Bonchev–Trinajstić information content (AvgIpc) is 2.56. The molecule has 0 amide bonds. The van der Waals surface area contributed by atoms with Gasteiger partial charge in [-0.1, -0.05) is 0 Å². The molecule has 6 heteroatoms. The Labute approximate surface area is 97.9 Å². The van der Waals surface area contributed by atoms with Crippen LogP contribution in [0.1, 0.15) is 19.3 Å². The lowest BCUT2D eigenvalue weighted by Crippen LogP contribution is -2.55. The Kier molecular flexibility index (Phi) is 2.28. The van der Waals surface area contributed by atoms with E-state index in [0.29, 0.717) is 12.8 Å². The lowest BCUT2D eigenvalue weighted by atomic mass is 9.78. The van der Waals surface area contributed by atoms with Crippen LogP contribution in [0, 0.1) is 11.8 Å². The van der Waals surface area contributed by atoms with Crippen LogP contribution in [0.3, 0.4) is 0 Å². The molecule has 0 aromatic rings. The second-order valence-corrected chi connectivity index (χ2v) is 5.98. The molecule has 0 aromatic heterocycles. The Morgan fingerprint density at radius 3 is 2.27 bits per heavy atom. The number of thiol groups is 2. The predicted molar refractivity (Wildman–Crippen MR) is 59.5 cm³/mol. The van der Waals surface area contributed by atoms with E-state index in [1.165, 1.54) is 0 Å². The largest absolute Gasteiger partial charge is 0.481 e. The molecule has 2 N–H and O–H groups in total. The summed E-state index contributed by atoms with van der Waals surface area (Å²) in [6.45, 7) is 0. The first-order valence-electron chi connectivity index (χ1n) is 4.74. The van der Waals surface area contributed by atoms with Gasteiger partial charge in [-0.2, -0.15) is 25.3 Å². The van der Waals surface area contributed by atoms with E-state index in [1.807, 2.05) is 0 Å². The van der Waals surface area contributed by atoms with Crippen LogP contribution in [0.2, 0.25) is 0 Å². The highest BCUT2D eigenvalue weighted by Gasteiger charge is 2.70. The number of carbonyl (C=O) groups is 2. The molecule has 2 aliphatic carbocycles. The van der Waals surface area contributed by atoms with E-state index >= 15 is 0 Å². The number of hydrogen-bond donors (Lipinski definition) is 4. The SMILES string of the molecule is O=C(O)C1C2CCC(S)(C2)C1(S)C(=O)O. The lowest BCUT2D eigenvalue weighted by Gasteiger charge is -2.39. The monoisotopic (exact) mass is 248 g/mol. The van der Waals surface area contributed by atoms with Crippen molar-refractivity contribution >= 4 is 37.2 Å². The minimum Gasteiger partial charge on any atom is -0.481 e. The van der Waals surface area contributed by atoms with Crippen molar-refractivity contribution < 1.29 is 19.8 Å². The molecular formula is C9H12O4S2. The van der Waals surface area contributed by atoms with Crippen LogP contribution < -0.4 is 0 Å². The fourth-order valence-electron chi connectivity index (χ4n) is 3.04. The van der Waals surface area contributed by atoms with E-state index in [-0.39, 0.29) is 5.92 Å². The highest BCUT2D eigenvalue weighted by Crippen LogP contribution is 2.63. The van der Waals surface area contributed by atoms with E-state index in [4.69, 9.17) is 5.11 Å². The first-order valence-corrected chi connectivity index (χ1v) is 5.63. The van der Waals surface area contributed by atoms with Crippen molar-refractivity contribution in [2.24, 2.45) is 11.8 Å². The summed E-state index contributed by atoms with van der Waals surface area (Å²) in [7, 11) is 0. The predicted octanol–water partition coefficient (Wildman–Crippen LogP) is 0.923. The molecule has 84 valence electrons. The van der Waals surface area contributed by atoms with E-state index < -0.39 is 27.4 Å². The second kappa shape index (κ2) is 3.07. The van der Waals surface area contributed by atoms with Crippen molar-refractivity contribution in [3.8, 4) is 0 Å². The van der Waals surface area contributed by atoms with Gasteiger partial charge < -0.3 is 10.2 Å². The third-order valence-electron chi connectivity index (χ3n) is 3.75. The molecular weight excluding hydrogens is 236 g/mol. The smallest absolute Gasteiger partial charge is 0.321 e. The molecule has 2 saturated carbocycles. The van der Waals surface area contributed by atoms with Crippen LogP contribution >= 0.6 is 25.3 Å². The Morgan fingerprint density at radius 1 is 1.27 bits per heavy atom. The molecule has 2 fully saturated rings. The number of fused-ring (bicyclic) bond motifs is 2. The van der Waals surface area contributed by atoms with Crippen LogP contribution in [-0.4, -0.2) is 31.6 Å². The van der Waals surface area contributed by atoms with Gasteiger partial charge in [0.15, 0.2) is 0 Å². The number of hydrogen-bond acceptors (Lipinski definition) is 4. The Hall–Kier alpha value is -0.360. The van der Waals surface area contributed by atoms with Gasteiger partial charge in [-0.05, 0) is 25.2 Å². The Morgan fingerprint density at radius 2 is 1.87 bits per heavy atom. The summed E-state index contributed by atoms with van der Waals surface area (Å²) >= 11 is 8.52. The normalized spacial score (nSPS) is 48.1. The first kappa shape index (κ1) is 11.1. The summed E-state index contributed by atoms with van der Waals surface area (Å²) in [5.74, 6) is -3.28. The van der Waals surface area contributed by atoms with Crippen LogP contribution in [0.25, 0.3) is 0 Å². The van der Waals surface area contributed by atoms with Gasteiger partial charge in [0.25, 0.3) is 0 Å². The number of aliphatic carboxylic acids is 2. The molecule has 15 heavy (non-hydrogen) atoms. The molecule has 4 atom stereocenters. The second-order valence-electron chi connectivity index (χ2n) is 4.42. The number of carboxylic acids is 2. The van der Waals surface area contributed by atoms with Crippen LogP contribution in [0.4, 0.5) is 0 Å². The van der Waals surface area contributed by atoms with Crippen molar-refractivity contribution in [3.05, 3.63) is 0 Å². The number of carboxylic acid groups (broad SMARTS) is 2. The zero-order valence-corrected chi connectivity index (χ0v) is 9.67. The van der Waals surface area contributed by atoms with Crippen molar-refractivity contribution in [1.82, 2.24) is 0 Å². The molecule has 4 unspecified atom stereocenters. The zero-order valence-electron chi connectivity index (χ0n) is 7.88. The molecule has 0 heterocycles. The topological polar surface area (TPSA) is 74.6 Å². The highest BCUT2D eigenvalue weighted by atomic mass is 32.1. The van der Waals surface area contributed by atoms with Gasteiger partial charge in [0, 0.05) is 4.75 Å². The van der Waals surface area contributed by atoms with Crippen LogP contribution in [0.15, 0.2) is 0 Å². The highest BCUT2D eigenvalue weighted by molar-refractivity contribution is 7.87. The Balaban J connectivity index is 2.49. The summed E-state index contributed by atoms with van der Waals surface area (Å²) in [5.41, 5.74) is 0. The zero-order chi connectivity index (χ0) is 11.4. The van der Waals surface area contributed by atoms with Crippen molar-refractivity contribution in [2.75, 3.05) is 0 Å². The summed E-state index contributed by atoms with van der Waals surface area (Å²) in [6.07, 6.45) is 1.89. The van der Waals surface area contributed by atoms with E-state index in [9.17, 15) is 14.7 Å². The summed E-state index contributed by atoms with van der Waals surface area (Å²) in [4.78, 5) is 22.4. The fourth-order valence-corrected chi connectivity index (χ4v) is 4.16. The van der Waals surface area contributed by atoms with Gasteiger partial charge in [-0.15, -0.1) is 0 Å². The fraction of sp³-hybridized carbons (Fsp3) is 0.778. The molecule has 0 spiro atoms. The minimum atomic E-state index is -1.54. The molecule has 0 saturated heterocycles. The van der Waals surface area contributed by atoms with Gasteiger partial charge in [0.05, 0.1) is 5.92 Å². The van der Waals surface area contributed by atoms with E-state index in [0.717, 1.165) is 6.42 Å². The maximum Gasteiger partial charge on any atom is 0.321 e. The first-order chi connectivity index (χ1) is 6.83. The lowest BCUT2D eigenvalue weighted by molar-refractivity contribution is -0.153. The summed E-state index contributed by atoms with van der Waals surface area (Å²) in [5, 5.41) is 18.3. The third-order valence-corrected chi connectivity index (χ3v) is 5.58. The molecule has 2 aliphatic rings. The molecule has 2 rings (SSSR count).